The van der Waals surface area contributed by atoms with Gasteiger partial charge in [-0.15, -0.1) is 0 Å². The molecular weight excluding hydrogens is 276 g/mol. The molecule has 0 radical (unpaired) electrons. The molecule has 2 N–H and O–H groups in total. The minimum atomic E-state index is -0.185. The standard InChI is InChI=1S/C15H21ClN2O2/c1-5-10(4)14(19)18-13-8-11(6-7-12(13)16)15(20)17-9(2)3/h6-10H,5H2,1-4H3,(H,17,20)(H,18,19). The van der Waals surface area contributed by atoms with Gasteiger partial charge in [0.2, 0.25) is 5.91 Å². The van der Waals surface area contributed by atoms with Gasteiger partial charge in [0.1, 0.15) is 0 Å². The second-order valence-electron chi connectivity index (χ2n) is 5.12. The van der Waals surface area contributed by atoms with E-state index in [4.69, 9.17) is 11.6 Å². The highest BCUT2D eigenvalue weighted by Gasteiger charge is 2.14. The van der Waals surface area contributed by atoms with Crippen molar-refractivity contribution in [2.45, 2.75) is 40.2 Å². The molecule has 0 spiro atoms. The molecule has 1 unspecified atom stereocenters. The predicted octanol–water partition coefficient (Wildman–Crippen LogP) is 3.46. The summed E-state index contributed by atoms with van der Waals surface area (Å²) in [4.78, 5) is 23.8. The van der Waals surface area contributed by atoms with Crippen LogP contribution in [0.15, 0.2) is 18.2 Å². The van der Waals surface area contributed by atoms with Gasteiger partial charge in [0.25, 0.3) is 5.91 Å². The molecule has 0 saturated carbocycles. The van der Waals surface area contributed by atoms with E-state index >= 15 is 0 Å². The number of rotatable bonds is 5. The first-order chi connectivity index (χ1) is 9.35. The van der Waals surface area contributed by atoms with Gasteiger partial charge in [0, 0.05) is 17.5 Å². The highest BCUT2D eigenvalue weighted by Crippen LogP contribution is 2.24. The lowest BCUT2D eigenvalue weighted by Crippen LogP contribution is -2.30. The van der Waals surface area contributed by atoms with Crippen molar-refractivity contribution in [2.75, 3.05) is 5.32 Å². The zero-order chi connectivity index (χ0) is 15.3. The van der Waals surface area contributed by atoms with Crippen LogP contribution in [0.1, 0.15) is 44.5 Å². The molecule has 0 heterocycles. The number of nitrogens with one attached hydrogen (secondary N) is 2. The molecule has 0 aliphatic rings. The number of hydrogen-bond donors (Lipinski definition) is 2. The normalized spacial score (nSPS) is 12.1. The summed E-state index contributed by atoms with van der Waals surface area (Å²) in [6.45, 7) is 7.57. The van der Waals surface area contributed by atoms with Crippen LogP contribution in [-0.4, -0.2) is 17.9 Å². The van der Waals surface area contributed by atoms with Gasteiger partial charge in [-0.1, -0.05) is 25.4 Å². The molecule has 1 aromatic carbocycles. The van der Waals surface area contributed by atoms with Gasteiger partial charge in [-0.2, -0.15) is 0 Å². The maximum atomic E-state index is 11.9. The van der Waals surface area contributed by atoms with E-state index < -0.39 is 0 Å². The van der Waals surface area contributed by atoms with Crippen molar-refractivity contribution in [3.63, 3.8) is 0 Å². The Kier molecular flexibility index (Phi) is 6.02. The number of amides is 2. The van der Waals surface area contributed by atoms with E-state index in [9.17, 15) is 9.59 Å². The number of carbonyl (C=O) groups is 2. The molecule has 0 aromatic heterocycles. The van der Waals surface area contributed by atoms with E-state index in [0.717, 1.165) is 6.42 Å². The van der Waals surface area contributed by atoms with Gasteiger partial charge in [0.15, 0.2) is 0 Å². The third-order valence-corrected chi connectivity index (χ3v) is 3.30. The fourth-order valence-corrected chi connectivity index (χ4v) is 1.71. The van der Waals surface area contributed by atoms with E-state index in [1.807, 2.05) is 27.7 Å². The average Bonchev–Trinajstić information content (AvgIpc) is 2.39. The Morgan fingerprint density at radius 3 is 2.45 bits per heavy atom. The molecule has 0 saturated heterocycles. The van der Waals surface area contributed by atoms with Crippen LogP contribution in [-0.2, 0) is 4.79 Å². The molecule has 1 rings (SSSR count). The molecule has 0 aliphatic carbocycles. The number of anilines is 1. The summed E-state index contributed by atoms with van der Waals surface area (Å²) in [7, 11) is 0. The maximum absolute atomic E-state index is 11.9. The Hall–Kier alpha value is -1.55. The maximum Gasteiger partial charge on any atom is 0.251 e. The van der Waals surface area contributed by atoms with Crippen molar-refractivity contribution in [3.05, 3.63) is 28.8 Å². The van der Waals surface area contributed by atoms with Crippen molar-refractivity contribution in [3.8, 4) is 0 Å². The number of carbonyl (C=O) groups excluding carboxylic acids is 2. The Balaban J connectivity index is 2.92. The molecule has 2 amide bonds. The first-order valence-electron chi connectivity index (χ1n) is 6.76. The minimum Gasteiger partial charge on any atom is -0.350 e. The van der Waals surface area contributed by atoms with Gasteiger partial charge >= 0.3 is 0 Å². The minimum absolute atomic E-state index is 0.0522. The van der Waals surface area contributed by atoms with Crippen LogP contribution in [0.4, 0.5) is 5.69 Å². The fraction of sp³-hybridized carbons (Fsp3) is 0.467. The lowest BCUT2D eigenvalue weighted by atomic mass is 10.1. The fourth-order valence-electron chi connectivity index (χ4n) is 1.55. The number of halogens is 1. The van der Waals surface area contributed by atoms with Gasteiger partial charge in [0.05, 0.1) is 10.7 Å². The molecule has 0 fully saturated rings. The average molecular weight is 297 g/mol. The lowest BCUT2D eigenvalue weighted by Gasteiger charge is -2.13. The van der Waals surface area contributed by atoms with Crippen molar-refractivity contribution in [1.82, 2.24) is 5.32 Å². The van der Waals surface area contributed by atoms with Gasteiger partial charge in [-0.3, -0.25) is 9.59 Å². The highest BCUT2D eigenvalue weighted by molar-refractivity contribution is 6.33. The Morgan fingerprint density at radius 2 is 1.90 bits per heavy atom. The summed E-state index contributed by atoms with van der Waals surface area (Å²) >= 11 is 6.05. The van der Waals surface area contributed by atoms with Gasteiger partial charge in [-0.05, 0) is 38.5 Å². The van der Waals surface area contributed by atoms with Crippen LogP contribution >= 0.6 is 11.6 Å². The summed E-state index contributed by atoms with van der Waals surface area (Å²) in [6, 6.07) is 4.90. The summed E-state index contributed by atoms with van der Waals surface area (Å²) in [5.41, 5.74) is 0.941. The molecule has 0 aliphatic heterocycles. The molecule has 0 bridgehead atoms. The van der Waals surface area contributed by atoms with Crippen LogP contribution < -0.4 is 10.6 Å². The van der Waals surface area contributed by atoms with Crippen molar-refractivity contribution in [2.24, 2.45) is 5.92 Å². The summed E-state index contributed by atoms with van der Waals surface area (Å²) in [5, 5.41) is 5.98. The zero-order valence-electron chi connectivity index (χ0n) is 12.3. The van der Waals surface area contributed by atoms with Crippen molar-refractivity contribution in [1.29, 1.82) is 0 Å². The zero-order valence-corrected chi connectivity index (χ0v) is 13.0. The molecule has 1 atom stereocenters. The Morgan fingerprint density at radius 1 is 1.25 bits per heavy atom. The predicted molar refractivity (Wildman–Crippen MR) is 82.1 cm³/mol. The molecular formula is C15H21ClN2O2. The van der Waals surface area contributed by atoms with E-state index in [2.05, 4.69) is 10.6 Å². The van der Waals surface area contributed by atoms with Crippen LogP contribution in [0.3, 0.4) is 0 Å². The van der Waals surface area contributed by atoms with E-state index in [0.29, 0.717) is 16.3 Å². The van der Waals surface area contributed by atoms with Crippen LogP contribution in [0, 0.1) is 5.92 Å². The van der Waals surface area contributed by atoms with Crippen molar-refractivity contribution < 1.29 is 9.59 Å². The smallest absolute Gasteiger partial charge is 0.251 e. The van der Waals surface area contributed by atoms with Crippen LogP contribution in [0.5, 0.6) is 0 Å². The van der Waals surface area contributed by atoms with E-state index in [1.54, 1.807) is 18.2 Å². The third kappa shape index (κ3) is 4.53. The topological polar surface area (TPSA) is 58.2 Å². The second-order valence-corrected chi connectivity index (χ2v) is 5.53. The molecule has 4 nitrogen and oxygen atoms in total. The third-order valence-electron chi connectivity index (χ3n) is 2.97. The largest absolute Gasteiger partial charge is 0.350 e. The number of benzene rings is 1. The van der Waals surface area contributed by atoms with Gasteiger partial charge < -0.3 is 10.6 Å². The van der Waals surface area contributed by atoms with E-state index in [-0.39, 0.29) is 23.8 Å². The quantitative estimate of drug-likeness (QED) is 0.874. The van der Waals surface area contributed by atoms with Crippen molar-refractivity contribution >= 4 is 29.1 Å². The van der Waals surface area contributed by atoms with Crippen LogP contribution in [0.25, 0.3) is 0 Å². The Bertz CT molecular complexity index is 501. The molecule has 1 aromatic rings. The molecule has 20 heavy (non-hydrogen) atoms. The first kappa shape index (κ1) is 16.5. The lowest BCUT2D eigenvalue weighted by molar-refractivity contribution is -0.119. The highest BCUT2D eigenvalue weighted by atomic mass is 35.5. The molecule has 110 valence electrons. The Labute approximate surface area is 124 Å². The first-order valence-corrected chi connectivity index (χ1v) is 7.14. The summed E-state index contributed by atoms with van der Waals surface area (Å²) in [6.07, 6.45) is 0.747. The second kappa shape index (κ2) is 7.29. The summed E-state index contributed by atoms with van der Waals surface area (Å²) in [5.74, 6) is -0.384. The van der Waals surface area contributed by atoms with Gasteiger partial charge in [-0.25, -0.2) is 0 Å². The van der Waals surface area contributed by atoms with E-state index in [1.165, 1.54) is 0 Å². The van der Waals surface area contributed by atoms with Crippen LogP contribution in [0.2, 0.25) is 5.02 Å². The number of hydrogen-bond acceptors (Lipinski definition) is 2. The molecule has 5 heteroatoms. The SMILES string of the molecule is CCC(C)C(=O)Nc1cc(C(=O)NC(C)C)ccc1Cl. The monoisotopic (exact) mass is 296 g/mol. The summed E-state index contributed by atoms with van der Waals surface area (Å²) < 4.78 is 0.